The fourth-order valence-corrected chi connectivity index (χ4v) is 1.30. The molecule has 14 heavy (non-hydrogen) atoms. The Balaban J connectivity index is 2.98. The first kappa shape index (κ1) is 10.7. The van der Waals surface area contributed by atoms with E-state index in [1.807, 2.05) is 0 Å². The van der Waals surface area contributed by atoms with Crippen molar-refractivity contribution in [3.05, 3.63) is 29.8 Å². The van der Waals surface area contributed by atoms with Crippen LogP contribution in [-0.4, -0.2) is 19.6 Å². The zero-order valence-corrected chi connectivity index (χ0v) is 8.24. The number of ether oxygens (including phenoxy) is 1. The van der Waals surface area contributed by atoms with E-state index >= 15 is 0 Å². The second-order valence-corrected chi connectivity index (χ2v) is 3.12. The average Bonchev–Trinajstić information content (AvgIpc) is 2.19. The molecule has 3 heteroatoms. The van der Waals surface area contributed by atoms with Gasteiger partial charge in [0.05, 0.1) is 13.0 Å². The molecule has 2 unspecified atom stereocenters. The maximum absolute atomic E-state index is 13.0. The molecule has 0 heterocycles. The first-order chi connectivity index (χ1) is 6.69. The number of carbonyl (C=O) groups is 1. The van der Waals surface area contributed by atoms with Crippen LogP contribution in [-0.2, 0) is 4.79 Å². The Bertz CT molecular complexity index is 310. The van der Waals surface area contributed by atoms with Gasteiger partial charge >= 0.3 is 0 Å². The van der Waals surface area contributed by atoms with Gasteiger partial charge in [-0.1, -0.05) is 12.1 Å². The fraction of sp³-hybridized carbons (Fsp3) is 0.364. The van der Waals surface area contributed by atoms with Crippen LogP contribution in [0.1, 0.15) is 18.4 Å². The molecule has 2 nitrogen and oxygen atoms in total. The molecule has 1 rings (SSSR count). The highest BCUT2D eigenvalue weighted by atomic mass is 19.1. The van der Waals surface area contributed by atoms with Crippen LogP contribution < -0.4 is 4.74 Å². The number of halogens is 1. The Morgan fingerprint density at radius 1 is 1.50 bits per heavy atom. The monoisotopic (exact) mass is 196 g/mol. The Kier molecular flexibility index (Phi) is 3.63. The van der Waals surface area contributed by atoms with Gasteiger partial charge in [-0.25, -0.2) is 4.39 Å². The molecule has 0 saturated carbocycles. The number of alkyl halides is 1. The van der Waals surface area contributed by atoms with Gasteiger partial charge in [0, 0.05) is 0 Å². The molecule has 1 aromatic carbocycles. The van der Waals surface area contributed by atoms with E-state index in [9.17, 15) is 9.18 Å². The summed E-state index contributed by atoms with van der Waals surface area (Å²) in [5.74, 6) is -0.0694. The molecule has 0 spiro atoms. The predicted octanol–water partition coefficient (Wildman–Crippen LogP) is 2.34. The van der Waals surface area contributed by atoms with Crippen LogP contribution >= 0.6 is 0 Å². The van der Waals surface area contributed by atoms with Gasteiger partial charge in [0.15, 0.2) is 0 Å². The molecule has 0 aliphatic heterocycles. The molecule has 0 aliphatic rings. The summed E-state index contributed by atoms with van der Waals surface area (Å²) in [6.07, 6.45) is -0.556. The number of carbonyl (C=O) groups excluding carboxylic acids is 1. The van der Waals surface area contributed by atoms with Gasteiger partial charge in [-0.2, -0.15) is 0 Å². The normalized spacial score (nSPS) is 14.5. The average molecular weight is 196 g/mol. The van der Waals surface area contributed by atoms with Gasteiger partial charge in [0.25, 0.3) is 0 Å². The van der Waals surface area contributed by atoms with Crippen molar-refractivity contribution in [3.63, 3.8) is 0 Å². The van der Waals surface area contributed by atoms with Crippen molar-refractivity contribution in [2.24, 2.45) is 0 Å². The molecular weight excluding hydrogens is 183 g/mol. The van der Waals surface area contributed by atoms with Gasteiger partial charge in [0.1, 0.15) is 18.2 Å². The van der Waals surface area contributed by atoms with Crippen molar-refractivity contribution < 1.29 is 13.9 Å². The lowest BCUT2D eigenvalue weighted by Crippen LogP contribution is -2.11. The molecule has 0 N–H and O–H groups in total. The minimum Gasteiger partial charge on any atom is -0.497 e. The van der Waals surface area contributed by atoms with Crippen LogP contribution in [0.2, 0.25) is 0 Å². The van der Waals surface area contributed by atoms with E-state index in [1.54, 1.807) is 24.3 Å². The molecule has 0 aromatic heterocycles. The third-order valence-electron chi connectivity index (χ3n) is 2.12. The standard InChI is InChI=1S/C11H13FO2/c1-8(12)11(7-13)9-4-3-5-10(6-9)14-2/h3-8,11H,1-2H3. The van der Waals surface area contributed by atoms with E-state index in [-0.39, 0.29) is 0 Å². The maximum atomic E-state index is 13.0. The maximum Gasteiger partial charge on any atom is 0.130 e. The minimum absolute atomic E-state index is 0.624. The van der Waals surface area contributed by atoms with Crippen molar-refractivity contribution in [2.75, 3.05) is 7.11 Å². The van der Waals surface area contributed by atoms with E-state index in [0.717, 1.165) is 0 Å². The lowest BCUT2D eigenvalue weighted by atomic mass is 9.96. The van der Waals surface area contributed by atoms with Crippen LogP contribution in [0.25, 0.3) is 0 Å². The zero-order chi connectivity index (χ0) is 10.6. The molecule has 1 aromatic rings. The summed E-state index contributed by atoms with van der Waals surface area (Å²) in [5.41, 5.74) is 0.648. The van der Waals surface area contributed by atoms with E-state index in [2.05, 4.69) is 0 Å². The highest BCUT2D eigenvalue weighted by Crippen LogP contribution is 2.23. The summed E-state index contributed by atoms with van der Waals surface area (Å²) in [5, 5.41) is 0. The fourth-order valence-electron chi connectivity index (χ4n) is 1.30. The van der Waals surface area contributed by atoms with E-state index in [0.29, 0.717) is 17.6 Å². The number of rotatable bonds is 4. The number of methoxy groups -OCH3 is 1. The van der Waals surface area contributed by atoms with E-state index < -0.39 is 12.1 Å². The summed E-state index contributed by atoms with van der Waals surface area (Å²) < 4.78 is 18.0. The SMILES string of the molecule is COc1cccc(C(C=O)C(C)F)c1. The van der Waals surface area contributed by atoms with Crippen LogP contribution in [0.4, 0.5) is 4.39 Å². The van der Waals surface area contributed by atoms with Crippen molar-refractivity contribution in [3.8, 4) is 5.75 Å². The van der Waals surface area contributed by atoms with Crippen LogP contribution in [0.3, 0.4) is 0 Å². The van der Waals surface area contributed by atoms with E-state index in [1.165, 1.54) is 14.0 Å². The quantitative estimate of drug-likeness (QED) is 0.691. The largest absolute Gasteiger partial charge is 0.497 e. The highest BCUT2D eigenvalue weighted by Gasteiger charge is 2.18. The summed E-state index contributed by atoms with van der Waals surface area (Å²) in [6, 6.07) is 6.90. The lowest BCUT2D eigenvalue weighted by molar-refractivity contribution is -0.110. The Morgan fingerprint density at radius 3 is 2.71 bits per heavy atom. The van der Waals surface area contributed by atoms with Crippen molar-refractivity contribution in [2.45, 2.75) is 19.0 Å². The van der Waals surface area contributed by atoms with Gasteiger partial charge < -0.3 is 9.53 Å². The molecular formula is C11H13FO2. The first-order valence-electron chi connectivity index (χ1n) is 4.42. The number of hydrogen-bond acceptors (Lipinski definition) is 2. The van der Waals surface area contributed by atoms with Gasteiger partial charge in [-0.05, 0) is 24.6 Å². The van der Waals surface area contributed by atoms with Gasteiger partial charge in [-0.15, -0.1) is 0 Å². The van der Waals surface area contributed by atoms with Crippen LogP contribution in [0.5, 0.6) is 5.75 Å². The molecule has 0 radical (unpaired) electrons. The summed E-state index contributed by atoms with van der Waals surface area (Å²) in [6.45, 7) is 1.37. The van der Waals surface area contributed by atoms with Crippen molar-refractivity contribution >= 4 is 6.29 Å². The topological polar surface area (TPSA) is 26.3 Å². The number of hydrogen-bond donors (Lipinski definition) is 0. The third kappa shape index (κ3) is 2.31. The zero-order valence-electron chi connectivity index (χ0n) is 8.24. The predicted molar refractivity (Wildman–Crippen MR) is 52.4 cm³/mol. The molecule has 0 fully saturated rings. The third-order valence-corrected chi connectivity index (χ3v) is 2.12. The van der Waals surface area contributed by atoms with Crippen molar-refractivity contribution in [1.82, 2.24) is 0 Å². The minimum atomic E-state index is -1.18. The summed E-state index contributed by atoms with van der Waals surface area (Å²) >= 11 is 0. The summed E-state index contributed by atoms with van der Waals surface area (Å²) in [4.78, 5) is 10.7. The molecule has 0 bridgehead atoms. The van der Waals surface area contributed by atoms with E-state index in [4.69, 9.17) is 4.74 Å². The lowest BCUT2D eigenvalue weighted by Gasteiger charge is -2.12. The second-order valence-electron chi connectivity index (χ2n) is 3.12. The number of benzene rings is 1. The first-order valence-corrected chi connectivity index (χ1v) is 4.42. The van der Waals surface area contributed by atoms with Crippen LogP contribution in [0, 0.1) is 0 Å². The highest BCUT2D eigenvalue weighted by molar-refractivity contribution is 5.63. The van der Waals surface area contributed by atoms with Gasteiger partial charge in [0.2, 0.25) is 0 Å². The van der Waals surface area contributed by atoms with Crippen LogP contribution in [0.15, 0.2) is 24.3 Å². The summed E-state index contributed by atoms with van der Waals surface area (Å²) in [7, 11) is 1.54. The molecule has 0 amide bonds. The number of aldehydes is 1. The second kappa shape index (κ2) is 4.74. The Labute approximate surface area is 82.7 Å². The molecule has 0 aliphatic carbocycles. The Morgan fingerprint density at radius 2 is 2.21 bits per heavy atom. The smallest absolute Gasteiger partial charge is 0.130 e. The van der Waals surface area contributed by atoms with Crippen molar-refractivity contribution in [1.29, 1.82) is 0 Å². The van der Waals surface area contributed by atoms with Gasteiger partial charge in [-0.3, -0.25) is 0 Å². The molecule has 2 atom stereocenters. The Hall–Kier alpha value is -1.38. The molecule has 0 saturated heterocycles. The molecule has 76 valence electrons.